The van der Waals surface area contributed by atoms with Gasteiger partial charge in [0.25, 0.3) is 0 Å². The van der Waals surface area contributed by atoms with Crippen LogP contribution in [0.15, 0.2) is 41.1 Å². The van der Waals surface area contributed by atoms with Crippen molar-refractivity contribution in [3.8, 4) is 5.75 Å². The first-order chi connectivity index (χ1) is 9.39. The molecule has 0 heterocycles. The molecule has 0 N–H and O–H groups in total. The Kier molecular flexibility index (Phi) is 8.59. The number of ether oxygens (including phenoxy) is 1. The Hall–Kier alpha value is -1.07. The Bertz CT molecular complexity index is 551. The van der Waals surface area contributed by atoms with Crippen LogP contribution in [-0.2, 0) is 9.84 Å². The van der Waals surface area contributed by atoms with Crippen molar-refractivity contribution in [3.63, 3.8) is 0 Å². The van der Waals surface area contributed by atoms with Gasteiger partial charge in [-0.2, -0.15) is 0 Å². The second-order valence-electron chi connectivity index (χ2n) is 5.06. The molecule has 0 unspecified atom stereocenters. The van der Waals surface area contributed by atoms with Crippen molar-refractivity contribution < 1.29 is 17.5 Å². The summed E-state index contributed by atoms with van der Waals surface area (Å²) in [6.07, 6.45) is 1.12. The summed E-state index contributed by atoms with van der Waals surface area (Å²) in [7, 11) is -3.24. The molecule has 3 nitrogen and oxygen atoms in total. The summed E-state index contributed by atoms with van der Waals surface area (Å²) in [5, 5.41) is 0. The van der Waals surface area contributed by atoms with Gasteiger partial charge in [0.05, 0.1) is 17.0 Å². The van der Waals surface area contributed by atoms with Gasteiger partial charge in [0, 0.05) is 0 Å². The summed E-state index contributed by atoms with van der Waals surface area (Å²) in [5.74, 6) is 0.733. The molecular formula is C15H22ClFO3S. The van der Waals surface area contributed by atoms with Crippen LogP contribution in [0.3, 0.4) is 0 Å². The summed E-state index contributed by atoms with van der Waals surface area (Å²) in [4.78, 5) is 0.287. The van der Waals surface area contributed by atoms with Gasteiger partial charge in [-0.3, -0.25) is 0 Å². The van der Waals surface area contributed by atoms with Crippen LogP contribution >= 0.6 is 12.4 Å². The molecule has 1 aromatic rings. The van der Waals surface area contributed by atoms with E-state index in [0.717, 1.165) is 0 Å². The molecule has 0 amide bonds. The molecule has 0 aliphatic heterocycles. The number of rotatable bonds is 7. The van der Waals surface area contributed by atoms with Crippen molar-refractivity contribution in [1.29, 1.82) is 0 Å². The van der Waals surface area contributed by atoms with Crippen LogP contribution in [-0.4, -0.2) is 20.8 Å². The van der Waals surface area contributed by atoms with Gasteiger partial charge in [-0.05, 0) is 42.2 Å². The number of halogens is 2. The zero-order chi connectivity index (χ0) is 15.2. The fraction of sp³-hybridized carbons (Fsp3) is 0.467. The molecule has 0 spiro atoms. The smallest absolute Gasteiger partial charge is 0.178 e. The lowest BCUT2D eigenvalue weighted by Crippen LogP contribution is -2.11. The van der Waals surface area contributed by atoms with Crippen LogP contribution in [0, 0.1) is 5.92 Å². The standard InChI is InChI=1S/C15H21FO3S.ClH/c1-4-13(9-16)10-19-14-5-7-15(8-6-14)20(17,18)11-12(2)3;/h5-9,12H,4,10-11H2,1-3H3;1H/b13-9+;. The third kappa shape index (κ3) is 6.48. The maximum atomic E-state index is 12.4. The van der Waals surface area contributed by atoms with Crippen LogP contribution in [0.2, 0.25) is 0 Å². The fourth-order valence-electron chi connectivity index (χ4n) is 1.67. The topological polar surface area (TPSA) is 43.4 Å². The molecule has 0 aromatic heterocycles. The molecule has 120 valence electrons. The van der Waals surface area contributed by atoms with E-state index >= 15 is 0 Å². The third-order valence-electron chi connectivity index (χ3n) is 2.77. The van der Waals surface area contributed by atoms with Crippen LogP contribution in [0.1, 0.15) is 27.2 Å². The van der Waals surface area contributed by atoms with Gasteiger partial charge in [0.1, 0.15) is 12.4 Å². The molecule has 0 bridgehead atoms. The van der Waals surface area contributed by atoms with E-state index in [1.807, 2.05) is 20.8 Å². The van der Waals surface area contributed by atoms with Gasteiger partial charge in [-0.15, -0.1) is 12.4 Å². The highest BCUT2D eigenvalue weighted by Gasteiger charge is 2.16. The van der Waals surface area contributed by atoms with Gasteiger partial charge >= 0.3 is 0 Å². The van der Waals surface area contributed by atoms with Gasteiger partial charge < -0.3 is 4.74 Å². The minimum absolute atomic E-state index is 0. The summed E-state index contributed by atoms with van der Waals surface area (Å²) in [5.41, 5.74) is 0.557. The molecule has 0 atom stereocenters. The van der Waals surface area contributed by atoms with Crippen LogP contribution in [0.25, 0.3) is 0 Å². The van der Waals surface area contributed by atoms with Gasteiger partial charge in [0.15, 0.2) is 9.84 Å². The second kappa shape index (κ2) is 9.05. The molecule has 0 fully saturated rings. The van der Waals surface area contributed by atoms with Crippen molar-refractivity contribution in [2.24, 2.45) is 5.92 Å². The number of hydrogen-bond acceptors (Lipinski definition) is 3. The highest BCUT2D eigenvalue weighted by atomic mass is 35.5. The summed E-state index contributed by atoms with van der Waals surface area (Å²) in [6.45, 7) is 5.75. The molecule has 21 heavy (non-hydrogen) atoms. The molecule has 0 saturated carbocycles. The van der Waals surface area contributed by atoms with Crippen molar-refractivity contribution in [1.82, 2.24) is 0 Å². The second-order valence-corrected chi connectivity index (χ2v) is 7.09. The van der Waals surface area contributed by atoms with Crippen LogP contribution in [0.4, 0.5) is 4.39 Å². The largest absolute Gasteiger partial charge is 0.489 e. The average molecular weight is 337 g/mol. The quantitative estimate of drug-likeness (QED) is 0.750. The zero-order valence-electron chi connectivity index (χ0n) is 12.5. The molecule has 1 rings (SSSR count). The van der Waals surface area contributed by atoms with Crippen LogP contribution < -0.4 is 4.74 Å². The lowest BCUT2D eigenvalue weighted by Gasteiger charge is -2.09. The van der Waals surface area contributed by atoms with E-state index in [0.29, 0.717) is 24.1 Å². The van der Waals surface area contributed by atoms with Gasteiger partial charge in [-0.1, -0.05) is 20.8 Å². The minimum atomic E-state index is -3.24. The lowest BCUT2D eigenvalue weighted by atomic mass is 10.2. The summed E-state index contributed by atoms with van der Waals surface area (Å²) < 4.78 is 41.8. The van der Waals surface area contributed by atoms with E-state index in [2.05, 4.69) is 0 Å². The third-order valence-corrected chi connectivity index (χ3v) is 4.86. The Morgan fingerprint density at radius 3 is 2.29 bits per heavy atom. The van der Waals surface area contributed by atoms with E-state index in [4.69, 9.17) is 4.74 Å². The Balaban J connectivity index is 0.00000400. The molecule has 1 aromatic carbocycles. The van der Waals surface area contributed by atoms with Crippen molar-refractivity contribution in [3.05, 3.63) is 36.2 Å². The maximum absolute atomic E-state index is 12.4. The molecule has 0 aliphatic carbocycles. The lowest BCUT2D eigenvalue weighted by molar-refractivity contribution is 0.345. The van der Waals surface area contributed by atoms with Gasteiger partial charge in [0.2, 0.25) is 0 Å². The predicted octanol–water partition coefficient (Wildman–Crippen LogP) is 4.18. The fourth-order valence-corrected chi connectivity index (χ4v) is 3.29. The average Bonchev–Trinajstić information content (AvgIpc) is 2.39. The number of hydrogen-bond donors (Lipinski definition) is 0. The molecule has 0 aliphatic rings. The number of benzene rings is 1. The van der Waals surface area contributed by atoms with Crippen molar-refractivity contribution in [2.45, 2.75) is 32.1 Å². The SMILES string of the molecule is CC/C(=C\F)COc1ccc(S(=O)(=O)CC(C)C)cc1.Cl. The maximum Gasteiger partial charge on any atom is 0.178 e. The first-order valence-corrected chi connectivity index (χ1v) is 8.28. The Labute approximate surface area is 132 Å². The number of sulfone groups is 1. The first kappa shape index (κ1) is 19.9. The van der Waals surface area contributed by atoms with Crippen molar-refractivity contribution >= 4 is 22.2 Å². The highest BCUT2D eigenvalue weighted by molar-refractivity contribution is 7.91. The van der Waals surface area contributed by atoms with E-state index in [1.54, 1.807) is 12.1 Å². The van der Waals surface area contributed by atoms with Crippen LogP contribution in [0.5, 0.6) is 5.75 Å². The predicted molar refractivity (Wildman–Crippen MR) is 85.6 cm³/mol. The Morgan fingerprint density at radius 2 is 1.86 bits per heavy atom. The summed E-state index contributed by atoms with van der Waals surface area (Å²) >= 11 is 0. The van der Waals surface area contributed by atoms with E-state index in [1.165, 1.54) is 12.1 Å². The normalized spacial score (nSPS) is 12.1. The summed E-state index contributed by atoms with van der Waals surface area (Å²) in [6, 6.07) is 6.24. The van der Waals surface area contributed by atoms with Crippen molar-refractivity contribution in [2.75, 3.05) is 12.4 Å². The Morgan fingerprint density at radius 1 is 1.29 bits per heavy atom. The first-order valence-electron chi connectivity index (χ1n) is 6.62. The monoisotopic (exact) mass is 336 g/mol. The zero-order valence-corrected chi connectivity index (χ0v) is 14.1. The van der Waals surface area contributed by atoms with E-state index < -0.39 is 9.84 Å². The van der Waals surface area contributed by atoms with E-state index in [9.17, 15) is 12.8 Å². The van der Waals surface area contributed by atoms with Gasteiger partial charge in [-0.25, -0.2) is 12.8 Å². The minimum Gasteiger partial charge on any atom is -0.489 e. The molecule has 0 saturated heterocycles. The molecule has 6 heteroatoms. The molecular weight excluding hydrogens is 315 g/mol. The molecule has 0 radical (unpaired) electrons. The highest BCUT2D eigenvalue weighted by Crippen LogP contribution is 2.19. The van der Waals surface area contributed by atoms with E-state index in [-0.39, 0.29) is 35.6 Å².